The van der Waals surface area contributed by atoms with Crippen molar-refractivity contribution in [1.82, 2.24) is 5.32 Å². The number of nitrogens with one attached hydrogen (secondary N) is 1. The van der Waals surface area contributed by atoms with E-state index in [4.69, 9.17) is 0 Å². The van der Waals surface area contributed by atoms with Gasteiger partial charge < -0.3 is 5.32 Å². The number of allylic oxidation sites excluding steroid dienone is 2. The molecule has 1 heterocycles. The van der Waals surface area contributed by atoms with Gasteiger partial charge in [-0.25, -0.2) is 0 Å². The van der Waals surface area contributed by atoms with Gasteiger partial charge in [-0.15, -0.1) is 0 Å². The van der Waals surface area contributed by atoms with Gasteiger partial charge in [-0.3, -0.25) is 0 Å². The van der Waals surface area contributed by atoms with Gasteiger partial charge in [-0.2, -0.15) is 0 Å². The van der Waals surface area contributed by atoms with Gasteiger partial charge in [0.05, 0.1) is 0 Å². The van der Waals surface area contributed by atoms with Crippen molar-refractivity contribution in [2.75, 3.05) is 13.1 Å². The number of hydrogen-bond donors (Lipinski definition) is 1. The van der Waals surface area contributed by atoms with E-state index >= 15 is 0 Å². The first-order chi connectivity index (χ1) is 5.43. The van der Waals surface area contributed by atoms with E-state index in [-0.39, 0.29) is 0 Å². The van der Waals surface area contributed by atoms with Crippen LogP contribution in [0.3, 0.4) is 0 Å². The molecular formula is C10H19N. The molecule has 0 aromatic rings. The van der Waals surface area contributed by atoms with E-state index in [1.54, 1.807) is 0 Å². The fourth-order valence-corrected chi connectivity index (χ4v) is 1.62. The Morgan fingerprint density at radius 3 is 3.18 bits per heavy atom. The van der Waals surface area contributed by atoms with E-state index in [1.807, 2.05) is 0 Å². The Morgan fingerprint density at radius 2 is 2.36 bits per heavy atom. The van der Waals surface area contributed by atoms with E-state index < -0.39 is 0 Å². The highest BCUT2D eigenvalue weighted by Crippen LogP contribution is 2.14. The Bertz CT molecular complexity index is 110. The minimum atomic E-state index is 0.897. The first-order valence-electron chi connectivity index (χ1n) is 4.75. The number of hydrogen-bond acceptors (Lipinski definition) is 1. The van der Waals surface area contributed by atoms with E-state index in [0.717, 1.165) is 5.92 Å². The van der Waals surface area contributed by atoms with Crippen molar-refractivity contribution in [3.05, 3.63) is 12.2 Å². The molecule has 0 aliphatic carbocycles. The molecule has 1 heteroatoms. The van der Waals surface area contributed by atoms with Crippen LogP contribution in [-0.4, -0.2) is 13.1 Å². The molecule has 64 valence electrons. The Hall–Kier alpha value is -0.300. The molecule has 0 radical (unpaired) electrons. The average molecular weight is 153 g/mol. The second kappa shape index (κ2) is 5.36. The predicted molar refractivity (Wildman–Crippen MR) is 49.6 cm³/mol. The Balaban J connectivity index is 2.19. The van der Waals surface area contributed by atoms with Crippen molar-refractivity contribution >= 4 is 0 Å². The average Bonchev–Trinajstić information content (AvgIpc) is 2.28. The Kier molecular flexibility index (Phi) is 4.29. The SMILES string of the molecule is CC=CCC1CCCCNC1. The van der Waals surface area contributed by atoms with Crippen molar-refractivity contribution < 1.29 is 0 Å². The molecule has 1 fully saturated rings. The van der Waals surface area contributed by atoms with E-state index in [0.29, 0.717) is 0 Å². The Morgan fingerprint density at radius 1 is 1.45 bits per heavy atom. The van der Waals surface area contributed by atoms with Crippen molar-refractivity contribution in [3.8, 4) is 0 Å². The van der Waals surface area contributed by atoms with Crippen LogP contribution in [0, 0.1) is 5.92 Å². The van der Waals surface area contributed by atoms with Crippen molar-refractivity contribution in [2.45, 2.75) is 32.6 Å². The lowest BCUT2D eigenvalue weighted by atomic mass is 10.00. The second-order valence-electron chi connectivity index (χ2n) is 3.37. The van der Waals surface area contributed by atoms with Gasteiger partial charge in [0.2, 0.25) is 0 Å². The summed E-state index contributed by atoms with van der Waals surface area (Å²) in [6.45, 7) is 4.56. The zero-order valence-corrected chi connectivity index (χ0v) is 7.47. The van der Waals surface area contributed by atoms with Gasteiger partial charge in [0.15, 0.2) is 0 Å². The molecule has 1 nitrogen and oxygen atoms in total. The second-order valence-corrected chi connectivity index (χ2v) is 3.37. The van der Waals surface area contributed by atoms with Crippen LogP contribution in [-0.2, 0) is 0 Å². The lowest BCUT2D eigenvalue weighted by Gasteiger charge is -2.10. The first-order valence-corrected chi connectivity index (χ1v) is 4.75. The summed E-state index contributed by atoms with van der Waals surface area (Å²) in [5.41, 5.74) is 0. The van der Waals surface area contributed by atoms with Crippen LogP contribution in [0.2, 0.25) is 0 Å². The molecular weight excluding hydrogens is 134 g/mol. The summed E-state index contributed by atoms with van der Waals surface area (Å²) >= 11 is 0. The molecule has 11 heavy (non-hydrogen) atoms. The summed E-state index contributed by atoms with van der Waals surface area (Å²) in [7, 11) is 0. The summed E-state index contributed by atoms with van der Waals surface area (Å²) in [5, 5.41) is 3.47. The standard InChI is InChI=1S/C10H19N/c1-2-3-6-10-7-4-5-8-11-9-10/h2-3,10-11H,4-9H2,1H3. The maximum absolute atomic E-state index is 3.47. The van der Waals surface area contributed by atoms with Crippen LogP contribution in [0.25, 0.3) is 0 Å². The van der Waals surface area contributed by atoms with Crippen molar-refractivity contribution in [2.24, 2.45) is 5.92 Å². The highest BCUT2D eigenvalue weighted by molar-refractivity contribution is 4.82. The van der Waals surface area contributed by atoms with Crippen LogP contribution in [0.15, 0.2) is 12.2 Å². The van der Waals surface area contributed by atoms with Gasteiger partial charge in [-0.1, -0.05) is 18.6 Å². The van der Waals surface area contributed by atoms with Crippen LogP contribution in [0.4, 0.5) is 0 Å². The maximum Gasteiger partial charge on any atom is -0.00176 e. The normalized spacial score (nSPS) is 27.2. The molecule has 0 bridgehead atoms. The zero-order chi connectivity index (χ0) is 7.94. The highest BCUT2D eigenvalue weighted by atomic mass is 14.9. The van der Waals surface area contributed by atoms with Crippen LogP contribution >= 0.6 is 0 Å². The van der Waals surface area contributed by atoms with E-state index in [1.165, 1.54) is 38.8 Å². The first kappa shape index (κ1) is 8.79. The molecule has 1 N–H and O–H groups in total. The maximum atomic E-state index is 3.47. The smallest absolute Gasteiger partial charge is 0.00176 e. The van der Waals surface area contributed by atoms with E-state index in [2.05, 4.69) is 24.4 Å². The molecule has 0 aromatic carbocycles. The zero-order valence-electron chi connectivity index (χ0n) is 7.47. The van der Waals surface area contributed by atoms with Crippen LogP contribution in [0.5, 0.6) is 0 Å². The van der Waals surface area contributed by atoms with Gasteiger partial charge in [0.25, 0.3) is 0 Å². The monoisotopic (exact) mass is 153 g/mol. The fourth-order valence-electron chi connectivity index (χ4n) is 1.62. The molecule has 0 saturated carbocycles. The van der Waals surface area contributed by atoms with E-state index in [9.17, 15) is 0 Å². The molecule has 0 amide bonds. The lowest BCUT2D eigenvalue weighted by molar-refractivity contribution is 0.485. The minimum Gasteiger partial charge on any atom is -0.316 e. The third kappa shape index (κ3) is 3.57. The summed E-state index contributed by atoms with van der Waals surface area (Å²) in [6, 6.07) is 0. The van der Waals surface area contributed by atoms with Gasteiger partial charge in [0.1, 0.15) is 0 Å². The van der Waals surface area contributed by atoms with Gasteiger partial charge in [0, 0.05) is 0 Å². The van der Waals surface area contributed by atoms with Crippen molar-refractivity contribution in [3.63, 3.8) is 0 Å². The summed E-state index contributed by atoms with van der Waals surface area (Å²) in [5.74, 6) is 0.897. The lowest BCUT2D eigenvalue weighted by Crippen LogP contribution is -2.20. The number of rotatable bonds is 2. The topological polar surface area (TPSA) is 12.0 Å². The molecule has 1 atom stereocenters. The predicted octanol–water partition coefficient (Wildman–Crippen LogP) is 2.34. The minimum absolute atomic E-state index is 0.897. The molecule has 0 aromatic heterocycles. The third-order valence-corrected chi connectivity index (χ3v) is 2.35. The molecule has 0 spiro atoms. The quantitative estimate of drug-likeness (QED) is 0.600. The molecule has 1 saturated heterocycles. The van der Waals surface area contributed by atoms with Crippen LogP contribution < -0.4 is 5.32 Å². The molecule has 1 aliphatic rings. The molecule has 1 rings (SSSR count). The van der Waals surface area contributed by atoms with Crippen LogP contribution in [0.1, 0.15) is 32.6 Å². The molecule has 1 unspecified atom stereocenters. The largest absolute Gasteiger partial charge is 0.316 e. The third-order valence-electron chi connectivity index (χ3n) is 2.35. The van der Waals surface area contributed by atoms with Crippen molar-refractivity contribution in [1.29, 1.82) is 0 Å². The molecule has 1 aliphatic heterocycles. The highest BCUT2D eigenvalue weighted by Gasteiger charge is 2.08. The Labute approximate surface area is 69.9 Å². The summed E-state index contributed by atoms with van der Waals surface area (Å²) < 4.78 is 0. The van der Waals surface area contributed by atoms with Gasteiger partial charge in [-0.05, 0) is 45.2 Å². The fraction of sp³-hybridized carbons (Fsp3) is 0.800. The van der Waals surface area contributed by atoms with Gasteiger partial charge >= 0.3 is 0 Å². The summed E-state index contributed by atoms with van der Waals surface area (Å²) in [6.07, 6.45) is 9.91. The summed E-state index contributed by atoms with van der Waals surface area (Å²) in [4.78, 5) is 0.